The number of pyridine rings is 3. The molecule has 23 heteroatoms. The zero-order valence-corrected chi connectivity index (χ0v) is 87.0. The van der Waals surface area contributed by atoms with Gasteiger partial charge in [-0.15, -0.1) is 29.1 Å². The Morgan fingerprint density at radius 3 is 1.06 bits per heavy atom. The number of carbonyl (C=O) groups is 5. The molecule has 18 rings (SSSR count). The molecule has 127 heavy (non-hydrogen) atoms. The summed E-state index contributed by atoms with van der Waals surface area (Å²) in [4.78, 5) is 80.8. The van der Waals surface area contributed by atoms with Crippen molar-refractivity contribution >= 4 is 174 Å². The van der Waals surface area contributed by atoms with E-state index < -0.39 is 82.5 Å². The first-order valence-electron chi connectivity index (χ1n) is 41.3. The van der Waals surface area contributed by atoms with E-state index in [9.17, 15) is 29.1 Å². The second-order valence-corrected chi connectivity index (χ2v) is 47.5. The van der Waals surface area contributed by atoms with Crippen LogP contribution in [0.1, 0.15) is 117 Å². The van der Waals surface area contributed by atoms with Crippen LogP contribution >= 0.6 is 105 Å². The first-order valence-corrected chi connectivity index (χ1v) is 50.1. The molecule has 10 aromatic carbocycles. The summed E-state index contributed by atoms with van der Waals surface area (Å²) in [5, 5.41) is 17.5. The van der Waals surface area contributed by atoms with Gasteiger partial charge in [0.05, 0.1) is 26.2 Å². The van der Waals surface area contributed by atoms with Gasteiger partial charge in [0.25, 0.3) is 17.6 Å². The molecule has 5 saturated heterocycles. The molecule has 0 aliphatic carbocycles. The van der Waals surface area contributed by atoms with Crippen LogP contribution in [-0.4, -0.2) is 109 Å². The number of ketones is 1. The number of fused-ring (bicyclic) bond motifs is 2. The molecule has 0 bridgehead atoms. The number of Topliss-reactive ketones (excluding diaryl/α,β-unsaturated/α-hetero) is 1. The van der Waals surface area contributed by atoms with Gasteiger partial charge in [0, 0.05) is 44.6 Å². The van der Waals surface area contributed by atoms with Crippen LogP contribution in [0, 0.1) is 0 Å². The summed E-state index contributed by atoms with van der Waals surface area (Å²) in [6.07, 6.45) is 6.93. The minimum Gasteiger partial charge on any atom is -1.00 e. The van der Waals surface area contributed by atoms with Gasteiger partial charge in [-0.3, -0.25) is 29.3 Å². The van der Waals surface area contributed by atoms with Crippen molar-refractivity contribution in [2.45, 2.75) is 115 Å². The fourth-order valence-corrected chi connectivity index (χ4v) is 33.8. The van der Waals surface area contributed by atoms with E-state index in [-0.39, 0.29) is 90.3 Å². The van der Waals surface area contributed by atoms with E-state index in [1.165, 1.54) is 64.6 Å². The summed E-state index contributed by atoms with van der Waals surface area (Å²) in [6.45, 7) is 12.6. The molecule has 5 aliphatic heterocycles. The number of hydrogen-bond acceptors (Lipinski definition) is 14. The van der Waals surface area contributed by atoms with Crippen LogP contribution in [0.3, 0.4) is 0 Å². The predicted octanol–water partition coefficient (Wildman–Crippen LogP) is 14.0. The molecule has 5 fully saturated rings. The molecular formula is C104H98I4KN5O9P2S2. The Bertz CT molecular complexity index is 5520. The number of aromatic nitrogens is 3. The summed E-state index contributed by atoms with van der Waals surface area (Å²) in [6, 6.07) is 120. The number of halogens is 4. The third kappa shape index (κ3) is 24.0. The van der Waals surface area contributed by atoms with Crippen molar-refractivity contribution in [2.24, 2.45) is 0 Å². The van der Waals surface area contributed by atoms with Crippen molar-refractivity contribution in [3.63, 3.8) is 0 Å². The molecule has 0 spiro atoms. The molecule has 0 radical (unpaired) electrons. The molecule has 14 nitrogen and oxygen atoms in total. The Morgan fingerprint density at radius 1 is 0.449 bits per heavy atom. The van der Waals surface area contributed by atoms with Gasteiger partial charge in [0.1, 0.15) is 46.0 Å². The maximum absolute atomic E-state index is 13.6. The third-order valence-electron chi connectivity index (χ3n) is 21.2. The number of carbonyl (C=O) groups excluding carboxylic acids is 5. The van der Waals surface area contributed by atoms with E-state index in [1.54, 1.807) is 43.6 Å². The number of alkyl halides is 1. The third-order valence-corrected chi connectivity index (χ3v) is 39.6. The molecule has 8 heterocycles. The van der Waals surface area contributed by atoms with Gasteiger partial charge in [-0.2, -0.15) is 0 Å². The minimum atomic E-state index is -2.03. The van der Waals surface area contributed by atoms with Gasteiger partial charge in [-0.1, -0.05) is 306 Å². The van der Waals surface area contributed by atoms with Crippen molar-refractivity contribution in [3.05, 3.63) is 421 Å². The molecule has 0 saturated carbocycles. The fourth-order valence-electron chi connectivity index (χ4n) is 15.5. The summed E-state index contributed by atoms with van der Waals surface area (Å²) in [7, 11) is -1.94. The zero-order chi connectivity index (χ0) is 88.1. The van der Waals surface area contributed by atoms with Crippen molar-refractivity contribution in [1.82, 2.24) is 24.8 Å². The summed E-state index contributed by atoms with van der Waals surface area (Å²) < 4.78 is 18.3. The normalized spacial score (nSPS) is 17.3. The number of benzene rings is 10. The number of ether oxygens (including phenoxy) is 3. The van der Waals surface area contributed by atoms with E-state index in [2.05, 4.69) is 279 Å². The maximum atomic E-state index is 13.6. The van der Waals surface area contributed by atoms with E-state index in [4.69, 9.17) is 24.2 Å². The number of rotatable bonds is 18. The van der Waals surface area contributed by atoms with Gasteiger partial charge < -0.3 is 53.1 Å². The van der Waals surface area contributed by atoms with E-state index in [0.717, 1.165) is 56.1 Å². The first kappa shape index (κ1) is 100. The van der Waals surface area contributed by atoms with E-state index in [1.807, 2.05) is 192 Å². The van der Waals surface area contributed by atoms with Crippen LogP contribution in [0.2, 0.25) is 0 Å². The molecular weight excluding hydrogens is 2140 g/mol. The second kappa shape index (κ2) is 47.3. The monoisotopic (exact) mass is 2230 g/mol. The Morgan fingerprint density at radius 2 is 0.748 bits per heavy atom. The summed E-state index contributed by atoms with van der Waals surface area (Å²) >= 11 is 10.3. The Kier molecular flexibility index (Phi) is 37.4. The molecule has 3 aromatic heterocycles. The van der Waals surface area contributed by atoms with E-state index in [0.29, 0.717) is 5.57 Å². The summed E-state index contributed by atoms with van der Waals surface area (Å²) in [5.41, 5.74) is 6.38. The van der Waals surface area contributed by atoms with Crippen LogP contribution in [0.4, 0.5) is 0 Å². The van der Waals surface area contributed by atoms with Gasteiger partial charge >= 0.3 is 63.3 Å². The quantitative estimate of drug-likeness (QED) is 0.0116. The van der Waals surface area contributed by atoms with Crippen molar-refractivity contribution in [1.29, 1.82) is 0 Å². The van der Waals surface area contributed by atoms with E-state index >= 15 is 0 Å². The Labute approximate surface area is 856 Å². The van der Waals surface area contributed by atoms with Gasteiger partial charge in [-0.25, -0.2) is 9.59 Å². The standard InChI is InChI=1S/C27H23IN2O3S.C24H20INP.C24H19INP.C21H19NO4S.C4H8O.C4H9O.HI.K/c1-27(2)23(30-24(31)20(25(30)34-27)21(28)19-15-9-10-16-29-19)26(32)33-22(17-11-5-3-6-12-17)18-13-7-4-8-14-18;2*25-24(23-18-10-11-19-26-23)27(20-12-4-1-5-13-20,21-14-6-2-7-15-21)22-16-8-3-9-17-22;1-21(2)17(22-18(24)15(23)19(22)27-21)20(25)26-16(13-9-5-3-6-10-13)14-11-7-4-8-12-14;1-2-4-5-3-1;1-4(2,3)5;;/h3-16,22-23,25H,1-2H3;1-19,24H;1-19H;3-12,16-17,19H,1-2H3;1-4H2;1-3H3;1H;/q;+1;;;;-1;;+1/p-1/b21-20+;;;;;;;/t23-,25?;;;17-,19?;;;;/m0..0..../s1. The van der Waals surface area contributed by atoms with Gasteiger partial charge in [-0.05, 0) is 226 Å². The number of esters is 2. The first-order chi connectivity index (χ1) is 60.4. The van der Waals surface area contributed by atoms with Crippen LogP contribution < -0.4 is 112 Å². The van der Waals surface area contributed by atoms with Crippen molar-refractivity contribution in [2.75, 3.05) is 13.2 Å². The second-order valence-electron chi connectivity index (χ2n) is 31.9. The van der Waals surface area contributed by atoms with Crippen molar-refractivity contribution < 1.29 is 119 Å². The van der Waals surface area contributed by atoms with Crippen LogP contribution in [0.5, 0.6) is 0 Å². The number of β-lactam (4-membered cyclic amide) rings is 2. The zero-order valence-electron chi connectivity index (χ0n) is 71.8. The molecule has 2 amide bonds. The smallest absolute Gasteiger partial charge is 1.00 e. The SMILES string of the molecule is C1CCOC1.CC(C)(C)[O-].CC1(C)SC2/C(=C(/I)c3ccccn3)C(=O)N2[C@H]1C(=O)OC(c1ccccc1)c1ccccc1.CC1(C)SC2C(=O)C(=O)N2[C@H]1C(=O)OC(c1ccccc1)c1ccccc1.IC(c1ccccn1)=P(c1ccccc1)(c1ccccc1)c1ccccc1.IC(c1ccccn1)[P+](c1ccccc1)(c1ccccc1)c1ccccc1.[I-].[K+]. The molecule has 13 aromatic rings. The number of nitrogens with zero attached hydrogens (tertiary/aromatic N) is 5. The molecule has 644 valence electrons. The van der Waals surface area contributed by atoms with Gasteiger partial charge in [0.15, 0.2) is 15.9 Å². The maximum Gasteiger partial charge on any atom is 1.00 e. The van der Waals surface area contributed by atoms with Crippen LogP contribution in [0.25, 0.3) is 3.58 Å². The fraction of sp³-hybridized carbons (Fsp3) is 0.202. The van der Waals surface area contributed by atoms with Gasteiger partial charge in [0.2, 0.25) is 0 Å². The largest absolute Gasteiger partial charge is 1.00 e. The van der Waals surface area contributed by atoms with Crippen molar-refractivity contribution in [3.8, 4) is 0 Å². The van der Waals surface area contributed by atoms with Crippen LogP contribution in [-0.2, 0) is 38.2 Å². The average molecular weight is 2230 g/mol. The molecule has 3 unspecified atom stereocenters. The molecule has 5 aliphatic rings. The summed E-state index contributed by atoms with van der Waals surface area (Å²) in [5.74, 6) is -2.05. The number of thioether (sulfide) groups is 2. The number of amides is 2. The Hall–Kier alpha value is -7.15. The minimum absolute atomic E-state index is 0. The topological polar surface area (TPSA) is 181 Å². The Balaban J connectivity index is 0.000000158. The average Bonchev–Trinajstić information content (AvgIpc) is 1.58. The molecule has 5 atom stereocenters. The van der Waals surface area contributed by atoms with Crippen LogP contribution in [0.15, 0.2) is 382 Å². The predicted molar refractivity (Wildman–Crippen MR) is 537 cm³/mol. The number of hydrogen-bond donors (Lipinski definition) is 0. The molecule has 0 N–H and O–H groups in total.